The molecule has 0 aliphatic heterocycles. The molecule has 7 heteroatoms. The second-order valence-corrected chi connectivity index (χ2v) is 4.47. The van der Waals surface area contributed by atoms with Crippen molar-refractivity contribution >= 4 is 5.91 Å². The van der Waals surface area contributed by atoms with E-state index in [4.69, 9.17) is 5.26 Å². The predicted octanol–water partition coefficient (Wildman–Crippen LogP) is 0.0221. The van der Waals surface area contributed by atoms with Gasteiger partial charge in [-0.1, -0.05) is 12.1 Å². The standard InChI is InChI=1S/C12H19N3O.C2H5N3/c1-9(2)15-12(16)11-6-4-10(5-7-11)8-14-13-3;3-1-2-5-4/h4-7,9,13-14H,8H2,1-3H3,(H,15,16);5H,2,4H2. The molecule has 1 amide bonds. The van der Waals surface area contributed by atoms with Gasteiger partial charge in [0.15, 0.2) is 0 Å². The molecule has 1 aromatic rings. The summed E-state index contributed by atoms with van der Waals surface area (Å²) in [6, 6.07) is 9.51. The van der Waals surface area contributed by atoms with E-state index in [1.54, 1.807) is 6.07 Å². The maximum absolute atomic E-state index is 11.6. The van der Waals surface area contributed by atoms with E-state index in [0.717, 1.165) is 12.1 Å². The number of hydrogen-bond donors (Lipinski definition) is 5. The molecule has 1 aromatic carbocycles. The Morgan fingerprint density at radius 3 is 2.33 bits per heavy atom. The van der Waals surface area contributed by atoms with Crippen molar-refractivity contribution in [3.63, 3.8) is 0 Å². The van der Waals surface area contributed by atoms with E-state index in [1.807, 2.05) is 45.2 Å². The summed E-state index contributed by atoms with van der Waals surface area (Å²) in [6.07, 6.45) is 0. The highest BCUT2D eigenvalue weighted by molar-refractivity contribution is 5.94. The Balaban J connectivity index is 0.000000690. The maximum atomic E-state index is 11.6. The van der Waals surface area contributed by atoms with Crippen molar-refractivity contribution in [1.82, 2.24) is 21.6 Å². The van der Waals surface area contributed by atoms with Crippen LogP contribution in [0.4, 0.5) is 0 Å². The number of nitrogens with zero attached hydrogens (tertiary/aromatic N) is 1. The van der Waals surface area contributed by atoms with E-state index in [9.17, 15) is 4.79 Å². The molecule has 0 heterocycles. The van der Waals surface area contributed by atoms with Crippen LogP contribution < -0.4 is 27.4 Å². The lowest BCUT2D eigenvalue weighted by Gasteiger charge is -2.09. The van der Waals surface area contributed by atoms with E-state index in [1.165, 1.54) is 0 Å². The number of nitriles is 1. The lowest BCUT2D eigenvalue weighted by molar-refractivity contribution is 0.0943. The summed E-state index contributed by atoms with van der Waals surface area (Å²) >= 11 is 0. The lowest BCUT2D eigenvalue weighted by atomic mass is 10.1. The Labute approximate surface area is 125 Å². The quantitative estimate of drug-likeness (QED) is 0.287. The zero-order valence-corrected chi connectivity index (χ0v) is 12.7. The van der Waals surface area contributed by atoms with Crippen molar-refractivity contribution in [2.24, 2.45) is 5.84 Å². The summed E-state index contributed by atoms with van der Waals surface area (Å²) in [5, 5.41) is 10.5. The van der Waals surface area contributed by atoms with Gasteiger partial charge in [0.25, 0.3) is 5.91 Å². The van der Waals surface area contributed by atoms with E-state index in [2.05, 4.69) is 27.4 Å². The molecule has 0 bridgehead atoms. The first kappa shape index (κ1) is 19.0. The van der Waals surface area contributed by atoms with Gasteiger partial charge in [-0.2, -0.15) is 5.26 Å². The molecule has 0 unspecified atom stereocenters. The van der Waals surface area contributed by atoms with Crippen molar-refractivity contribution in [2.45, 2.75) is 26.4 Å². The predicted molar refractivity (Wildman–Crippen MR) is 82.7 cm³/mol. The Kier molecular flexibility index (Phi) is 10.7. The van der Waals surface area contributed by atoms with Crippen LogP contribution in [0.15, 0.2) is 24.3 Å². The summed E-state index contributed by atoms with van der Waals surface area (Å²) in [4.78, 5) is 11.6. The number of rotatable bonds is 6. The van der Waals surface area contributed by atoms with Crippen LogP contribution in [0, 0.1) is 11.3 Å². The number of amides is 1. The highest BCUT2D eigenvalue weighted by Gasteiger charge is 2.05. The van der Waals surface area contributed by atoms with E-state index >= 15 is 0 Å². The average Bonchev–Trinajstić information content (AvgIpc) is 2.46. The van der Waals surface area contributed by atoms with E-state index in [0.29, 0.717) is 5.56 Å². The Hall–Kier alpha value is -1.98. The Bertz CT molecular complexity index is 438. The second kappa shape index (κ2) is 11.8. The smallest absolute Gasteiger partial charge is 0.251 e. The maximum Gasteiger partial charge on any atom is 0.251 e. The normalized spacial score (nSPS) is 9.52. The summed E-state index contributed by atoms with van der Waals surface area (Å²) in [5.74, 6) is 4.64. The second-order valence-electron chi connectivity index (χ2n) is 4.47. The van der Waals surface area contributed by atoms with Gasteiger partial charge >= 0.3 is 0 Å². The minimum atomic E-state index is -0.0249. The molecule has 0 spiro atoms. The van der Waals surface area contributed by atoms with Crippen molar-refractivity contribution in [1.29, 1.82) is 5.26 Å². The molecule has 7 nitrogen and oxygen atoms in total. The summed E-state index contributed by atoms with van der Waals surface area (Å²) in [7, 11) is 1.82. The first-order valence-electron chi connectivity index (χ1n) is 6.65. The van der Waals surface area contributed by atoms with Gasteiger partial charge in [0.05, 0.1) is 12.6 Å². The highest BCUT2D eigenvalue weighted by Crippen LogP contribution is 2.04. The monoisotopic (exact) mass is 292 g/mol. The lowest BCUT2D eigenvalue weighted by Crippen LogP contribution is -2.30. The number of nitrogens with two attached hydrogens (primary N) is 1. The van der Waals surface area contributed by atoms with Gasteiger partial charge in [-0.05, 0) is 38.6 Å². The van der Waals surface area contributed by atoms with Crippen molar-refractivity contribution < 1.29 is 4.79 Å². The molecule has 6 N–H and O–H groups in total. The number of hydrogen-bond acceptors (Lipinski definition) is 6. The zero-order valence-electron chi connectivity index (χ0n) is 12.7. The molecular formula is C14H24N6O. The molecule has 0 aliphatic carbocycles. The number of benzene rings is 1. The van der Waals surface area contributed by atoms with Crippen molar-refractivity contribution in [3.05, 3.63) is 35.4 Å². The van der Waals surface area contributed by atoms with Gasteiger partial charge in [0.2, 0.25) is 0 Å². The summed E-state index contributed by atoms with van der Waals surface area (Å²) in [5.41, 5.74) is 9.83. The van der Waals surface area contributed by atoms with Crippen LogP contribution in [0.1, 0.15) is 29.8 Å². The van der Waals surface area contributed by atoms with Gasteiger partial charge in [-0.25, -0.2) is 5.43 Å². The summed E-state index contributed by atoms with van der Waals surface area (Å²) < 4.78 is 0. The zero-order chi connectivity index (χ0) is 16.1. The van der Waals surface area contributed by atoms with Crippen molar-refractivity contribution in [2.75, 3.05) is 13.6 Å². The first-order valence-corrected chi connectivity index (χ1v) is 6.65. The summed E-state index contributed by atoms with van der Waals surface area (Å²) in [6.45, 7) is 4.86. The van der Waals surface area contributed by atoms with Crippen LogP contribution in [0.5, 0.6) is 0 Å². The first-order chi connectivity index (χ1) is 10.0. The molecule has 116 valence electrons. The fourth-order valence-electron chi connectivity index (χ4n) is 1.36. The van der Waals surface area contributed by atoms with Gasteiger partial charge in [0, 0.05) is 18.2 Å². The van der Waals surface area contributed by atoms with Crippen LogP contribution in [0.25, 0.3) is 0 Å². The number of carbonyl (C=O) groups is 1. The van der Waals surface area contributed by atoms with Crippen LogP contribution in [-0.4, -0.2) is 25.5 Å². The third-order valence-electron chi connectivity index (χ3n) is 2.29. The SMILES string of the molecule is CNNCc1ccc(C(=O)NC(C)C)cc1.N#CCNN. The van der Waals surface area contributed by atoms with E-state index in [-0.39, 0.29) is 18.5 Å². The van der Waals surface area contributed by atoms with E-state index < -0.39 is 0 Å². The molecule has 21 heavy (non-hydrogen) atoms. The molecule has 0 saturated heterocycles. The topological polar surface area (TPSA) is 115 Å². The third kappa shape index (κ3) is 9.54. The minimum absolute atomic E-state index is 0.0249. The van der Waals surface area contributed by atoms with Gasteiger partial charge in [0.1, 0.15) is 0 Å². The molecule has 1 rings (SSSR count). The number of nitrogens with one attached hydrogen (secondary N) is 4. The van der Waals surface area contributed by atoms with Crippen molar-refractivity contribution in [3.8, 4) is 6.07 Å². The van der Waals surface area contributed by atoms with Gasteiger partial charge in [-0.3, -0.25) is 21.5 Å². The van der Waals surface area contributed by atoms with Crippen LogP contribution >= 0.6 is 0 Å². The van der Waals surface area contributed by atoms with Gasteiger partial charge < -0.3 is 5.32 Å². The fourth-order valence-corrected chi connectivity index (χ4v) is 1.36. The number of carbonyl (C=O) groups excluding carboxylic acids is 1. The number of hydrazine groups is 2. The molecular weight excluding hydrogens is 268 g/mol. The van der Waals surface area contributed by atoms with Gasteiger partial charge in [-0.15, -0.1) is 0 Å². The highest BCUT2D eigenvalue weighted by atomic mass is 16.1. The minimum Gasteiger partial charge on any atom is -0.350 e. The van der Waals surface area contributed by atoms with Crippen LogP contribution in [0.2, 0.25) is 0 Å². The Morgan fingerprint density at radius 1 is 1.33 bits per heavy atom. The Morgan fingerprint density at radius 2 is 1.95 bits per heavy atom. The molecule has 0 radical (unpaired) electrons. The van der Waals surface area contributed by atoms with Crippen LogP contribution in [-0.2, 0) is 6.54 Å². The molecule has 0 fully saturated rings. The largest absolute Gasteiger partial charge is 0.350 e. The molecule has 0 saturated carbocycles. The average molecular weight is 292 g/mol. The fraction of sp³-hybridized carbons (Fsp3) is 0.429. The molecule has 0 atom stereocenters. The third-order valence-corrected chi connectivity index (χ3v) is 2.29. The molecule has 0 aliphatic rings. The molecule has 0 aromatic heterocycles. The van der Waals surface area contributed by atoms with Crippen LogP contribution in [0.3, 0.4) is 0 Å².